The minimum atomic E-state index is 0.329. The first-order chi connectivity index (χ1) is 10.0. The maximum Gasteiger partial charge on any atom is 0.0443 e. The van der Waals surface area contributed by atoms with Gasteiger partial charge >= 0.3 is 0 Å². The number of nitrogens with zero attached hydrogens (tertiary/aromatic N) is 1. The van der Waals surface area contributed by atoms with Crippen LogP contribution in [0.3, 0.4) is 0 Å². The summed E-state index contributed by atoms with van der Waals surface area (Å²) in [4.78, 5) is 4.37. The first-order valence-corrected chi connectivity index (χ1v) is 9.47. The highest BCUT2D eigenvalue weighted by atomic mass is 32.1. The molecule has 2 heterocycles. The van der Waals surface area contributed by atoms with Crippen LogP contribution in [-0.2, 0) is 0 Å². The van der Waals surface area contributed by atoms with E-state index in [2.05, 4.69) is 55.4 Å². The van der Waals surface area contributed by atoms with Crippen LogP contribution in [0.1, 0.15) is 57.9 Å². The maximum atomic E-state index is 3.90. The third kappa shape index (κ3) is 3.06. The second kappa shape index (κ2) is 6.02. The second-order valence-corrected chi connectivity index (χ2v) is 8.48. The molecule has 2 fully saturated rings. The van der Waals surface area contributed by atoms with Crippen molar-refractivity contribution < 1.29 is 0 Å². The molecule has 3 heteroatoms. The zero-order valence-corrected chi connectivity index (χ0v) is 14.7. The fourth-order valence-corrected chi connectivity index (χ4v) is 4.97. The minimum absolute atomic E-state index is 0.329. The Morgan fingerprint density at radius 2 is 2.19 bits per heavy atom. The van der Waals surface area contributed by atoms with Crippen LogP contribution in [0, 0.1) is 11.8 Å². The van der Waals surface area contributed by atoms with Gasteiger partial charge in [-0.15, -0.1) is 11.3 Å². The van der Waals surface area contributed by atoms with E-state index in [0.717, 1.165) is 12.5 Å². The van der Waals surface area contributed by atoms with Gasteiger partial charge in [-0.25, -0.2) is 0 Å². The summed E-state index contributed by atoms with van der Waals surface area (Å²) in [6.07, 6.45) is 4.05. The van der Waals surface area contributed by atoms with Gasteiger partial charge in [-0.05, 0) is 49.5 Å². The Labute approximate surface area is 133 Å². The zero-order valence-electron chi connectivity index (χ0n) is 13.9. The quantitative estimate of drug-likeness (QED) is 0.872. The molecule has 118 valence electrons. The molecule has 3 atom stereocenters. The van der Waals surface area contributed by atoms with Crippen molar-refractivity contribution in [2.45, 2.75) is 64.6 Å². The lowest BCUT2D eigenvalue weighted by molar-refractivity contribution is 0.0170. The molecule has 3 rings (SSSR count). The third-order valence-corrected chi connectivity index (χ3v) is 6.53. The van der Waals surface area contributed by atoms with E-state index in [1.54, 1.807) is 4.88 Å². The van der Waals surface area contributed by atoms with Gasteiger partial charge in [0.05, 0.1) is 0 Å². The summed E-state index contributed by atoms with van der Waals surface area (Å²) in [6.45, 7) is 11.9. The van der Waals surface area contributed by atoms with Gasteiger partial charge in [0.15, 0.2) is 0 Å². The lowest BCUT2D eigenvalue weighted by Crippen LogP contribution is -2.65. The Bertz CT molecular complexity index is 452. The van der Waals surface area contributed by atoms with Crippen molar-refractivity contribution in [3.63, 3.8) is 0 Å². The lowest BCUT2D eigenvalue weighted by atomic mass is 9.86. The molecule has 3 unspecified atom stereocenters. The summed E-state index contributed by atoms with van der Waals surface area (Å²) >= 11 is 1.93. The molecule has 0 bridgehead atoms. The van der Waals surface area contributed by atoms with Crippen molar-refractivity contribution in [2.75, 3.05) is 13.1 Å². The highest BCUT2D eigenvalue weighted by Crippen LogP contribution is 2.44. The Kier molecular flexibility index (Phi) is 4.45. The Hall–Kier alpha value is -0.380. The van der Waals surface area contributed by atoms with E-state index in [1.807, 2.05) is 11.3 Å². The summed E-state index contributed by atoms with van der Waals surface area (Å²) in [6, 6.07) is 5.78. The number of thiophene rings is 1. The van der Waals surface area contributed by atoms with Crippen LogP contribution in [0.15, 0.2) is 17.5 Å². The predicted octanol–water partition coefficient (Wildman–Crippen LogP) is 4.30. The molecule has 21 heavy (non-hydrogen) atoms. The number of nitrogens with one attached hydrogen (secondary N) is 1. The van der Waals surface area contributed by atoms with Gasteiger partial charge in [0.1, 0.15) is 0 Å². The van der Waals surface area contributed by atoms with E-state index >= 15 is 0 Å². The van der Waals surface area contributed by atoms with Crippen molar-refractivity contribution in [3.8, 4) is 0 Å². The van der Waals surface area contributed by atoms with Gasteiger partial charge in [-0.3, -0.25) is 4.90 Å². The highest BCUT2D eigenvalue weighted by Gasteiger charge is 2.47. The van der Waals surface area contributed by atoms with Crippen molar-refractivity contribution in [2.24, 2.45) is 11.8 Å². The summed E-state index contributed by atoms with van der Waals surface area (Å²) < 4.78 is 0. The van der Waals surface area contributed by atoms with E-state index in [1.165, 1.54) is 25.8 Å². The smallest absolute Gasteiger partial charge is 0.0443 e. The van der Waals surface area contributed by atoms with Crippen LogP contribution in [0.4, 0.5) is 0 Å². The SMILES string of the molecule is CCC(c1cccs1)N1CC(C)(C2CC2)NCC1C(C)C. The molecule has 1 aliphatic heterocycles. The number of hydrogen-bond acceptors (Lipinski definition) is 3. The summed E-state index contributed by atoms with van der Waals surface area (Å²) in [5.74, 6) is 1.60. The lowest BCUT2D eigenvalue weighted by Gasteiger charge is -2.51. The monoisotopic (exact) mass is 306 g/mol. The predicted molar refractivity (Wildman–Crippen MR) is 91.8 cm³/mol. The maximum absolute atomic E-state index is 3.90. The van der Waals surface area contributed by atoms with E-state index < -0.39 is 0 Å². The third-order valence-electron chi connectivity index (χ3n) is 5.56. The van der Waals surface area contributed by atoms with E-state index in [-0.39, 0.29) is 0 Å². The van der Waals surface area contributed by atoms with Crippen molar-refractivity contribution in [3.05, 3.63) is 22.4 Å². The van der Waals surface area contributed by atoms with Crippen molar-refractivity contribution in [1.29, 1.82) is 0 Å². The Balaban J connectivity index is 1.85. The first-order valence-electron chi connectivity index (χ1n) is 8.59. The molecule has 0 amide bonds. The fourth-order valence-electron chi connectivity index (χ4n) is 4.04. The molecule has 1 aliphatic carbocycles. The van der Waals surface area contributed by atoms with E-state index in [4.69, 9.17) is 0 Å². The summed E-state index contributed by atoms with van der Waals surface area (Å²) in [5, 5.41) is 6.13. The molecule has 1 N–H and O–H groups in total. The number of hydrogen-bond donors (Lipinski definition) is 1. The van der Waals surface area contributed by atoms with Gasteiger partial charge in [-0.1, -0.05) is 26.8 Å². The van der Waals surface area contributed by atoms with Gasteiger partial charge in [0, 0.05) is 35.6 Å². The van der Waals surface area contributed by atoms with Crippen LogP contribution in [-0.4, -0.2) is 29.6 Å². The van der Waals surface area contributed by atoms with Crippen molar-refractivity contribution in [1.82, 2.24) is 10.2 Å². The van der Waals surface area contributed by atoms with E-state index in [9.17, 15) is 0 Å². The zero-order chi connectivity index (χ0) is 15.0. The first kappa shape index (κ1) is 15.5. The van der Waals surface area contributed by atoms with Crippen LogP contribution < -0.4 is 5.32 Å². The van der Waals surface area contributed by atoms with Gasteiger partial charge in [-0.2, -0.15) is 0 Å². The molecule has 1 saturated heterocycles. The molecule has 1 aromatic rings. The largest absolute Gasteiger partial charge is 0.308 e. The topological polar surface area (TPSA) is 15.3 Å². The second-order valence-electron chi connectivity index (χ2n) is 7.50. The average Bonchev–Trinajstić information content (AvgIpc) is 3.19. The fraction of sp³-hybridized carbons (Fsp3) is 0.778. The number of rotatable bonds is 5. The molecular weight excluding hydrogens is 276 g/mol. The standard InChI is InChI=1S/C18H30N2S/c1-5-15(17-7-6-10-21-17)20-12-18(4,14-8-9-14)19-11-16(20)13(2)3/h6-7,10,13-16,19H,5,8-9,11-12H2,1-4H3. The molecule has 2 nitrogen and oxygen atoms in total. The molecule has 0 spiro atoms. The van der Waals surface area contributed by atoms with Gasteiger partial charge in [0.2, 0.25) is 0 Å². The molecule has 2 aliphatic rings. The van der Waals surface area contributed by atoms with Gasteiger partial charge < -0.3 is 5.32 Å². The van der Waals surface area contributed by atoms with Crippen LogP contribution in [0.2, 0.25) is 0 Å². The number of piperazine rings is 1. The van der Waals surface area contributed by atoms with Crippen LogP contribution >= 0.6 is 11.3 Å². The highest BCUT2D eigenvalue weighted by molar-refractivity contribution is 7.10. The summed E-state index contributed by atoms with van der Waals surface area (Å²) in [7, 11) is 0. The van der Waals surface area contributed by atoms with Gasteiger partial charge in [0.25, 0.3) is 0 Å². The normalized spacial score (nSPS) is 32.5. The average molecular weight is 307 g/mol. The van der Waals surface area contributed by atoms with Crippen LogP contribution in [0.25, 0.3) is 0 Å². The Morgan fingerprint density at radius 1 is 1.43 bits per heavy atom. The molecule has 0 aromatic carbocycles. The summed E-state index contributed by atoms with van der Waals surface area (Å²) in [5.41, 5.74) is 0.329. The molecule has 1 aromatic heterocycles. The van der Waals surface area contributed by atoms with Crippen LogP contribution in [0.5, 0.6) is 0 Å². The molecule has 1 saturated carbocycles. The molecular formula is C18H30N2S. The van der Waals surface area contributed by atoms with E-state index in [0.29, 0.717) is 23.5 Å². The Morgan fingerprint density at radius 3 is 2.71 bits per heavy atom. The molecule has 0 radical (unpaired) electrons. The van der Waals surface area contributed by atoms with Crippen molar-refractivity contribution >= 4 is 11.3 Å². The minimum Gasteiger partial charge on any atom is -0.308 e.